The van der Waals surface area contributed by atoms with Crippen LogP contribution in [0.15, 0.2) is 12.3 Å². The number of aromatic amines is 1. The fraction of sp³-hybridized carbons (Fsp3) is 0.636. The fourth-order valence-corrected chi connectivity index (χ4v) is 1.38. The van der Waals surface area contributed by atoms with Crippen LogP contribution >= 0.6 is 0 Å². The van der Waals surface area contributed by atoms with Crippen molar-refractivity contribution < 1.29 is 0 Å². The van der Waals surface area contributed by atoms with Gasteiger partial charge in [0, 0.05) is 18.0 Å². The SMILES string of the molecule is CCCCCCCc1[c]cc[nH]1. The van der Waals surface area contributed by atoms with E-state index in [1.807, 2.05) is 12.3 Å². The molecule has 0 saturated carbocycles. The predicted octanol–water partition coefficient (Wildman–Crippen LogP) is 3.33. The summed E-state index contributed by atoms with van der Waals surface area (Å²) in [4.78, 5) is 3.17. The van der Waals surface area contributed by atoms with Crippen LogP contribution in [0.1, 0.15) is 44.7 Å². The van der Waals surface area contributed by atoms with Crippen LogP contribution in [0.2, 0.25) is 0 Å². The predicted molar refractivity (Wildman–Crippen MR) is 52.1 cm³/mol. The van der Waals surface area contributed by atoms with Gasteiger partial charge in [0.2, 0.25) is 0 Å². The molecule has 1 aromatic rings. The maximum Gasteiger partial charge on any atom is 0.0227 e. The lowest BCUT2D eigenvalue weighted by molar-refractivity contribution is 0.629. The first-order valence-electron chi connectivity index (χ1n) is 4.97. The summed E-state index contributed by atoms with van der Waals surface area (Å²) in [7, 11) is 0. The lowest BCUT2D eigenvalue weighted by Gasteiger charge is -1.97. The van der Waals surface area contributed by atoms with E-state index in [2.05, 4.69) is 18.0 Å². The number of rotatable bonds is 6. The van der Waals surface area contributed by atoms with E-state index < -0.39 is 0 Å². The van der Waals surface area contributed by atoms with Gasteiger partial charge < -0.3 is 4.98 Å². The van der Waals surface area contributed by atoms with E-state index in [9.17, 15) is 0 Å². The van der Waals surface area contributed by atoms with Crippen molar-refractivity contribution in [1.29, 1.82) is 0 Å². The number of nitrogens with one attached hydrogen (secondary N) is 1. The van der Waals surface area contributed by atoms with Gasteiger partial charge >= 0.3 is 0 Å². The Labute approximate surface area is 75.2 Å². The first-order chi connectivity index (χ1) is 5.93. The fourth-order valence-electron chi connectivity index (χ4n) is 1.38. The lowest BCUT2D eigenvalue weighted by atomic mass is 10.1. The number of hydrogen-bond acceptors (Lipinski definition) is 0. The van der Waals surface area contributed by atoms with Gasteiger partial charge in [-0.2, -0.15) is 0 Å². The van der Waals surface area contributed by atoms with E-state index in [0.717, 1.165) is 6.42 Å². The van der Waals surface area contributed by atoms with Crippen molar-refractivity contribution in [3.63, 3.8) is 0 Å². The van der Waals surface area contributed by atoms with Gasteiger partial charge in [0.25, 0.3) is 0 Å². The zero-order valence-electron chi connectivity index (χ0n) is 7.90. The zero-order valence-corrected chi connectivity index (χ0v) is 7.90. The van der Waals surface area contributed by atoms with Crippen LogP contribution in [0, 0.1) is 6.07 Å². The summed E-state index contributed by atoms with van der Waals surface area (Å²) >= 11 is 0. The van der Waals surface area contributed by atoms with Crippen molar-refractivity contribution >= 4 is 0 Å². The van der Waals surface area contributed by atoms with Gasteiger partial charge in [-0.05, 0) is 18.9 Å². The molecule has 67 valence electrons. The minimum atomic E-state index is 1.16. The van der Waals surface area contributed by atoms with E-state index in [-0.39, 0.29) is 0 Å². The molecule has 12 heavy (non-hydrogen) atoms. The Morgan fingerprint density at radius 1 is 1.25 bits per heavy atom. The molecule has 0 aliphatic heterocycles. The second-order valence-electron chi connectivity index (χ2n) is 3.26. The summed E-state index contributed by atoms with van der Waals surface area (Å²) in [5, 5.41) is 0. The zero-order chi connectivity index (χ0) is 8.65. The van der Waals surface area contributed by atoms with Crippen molar-refractivity contribution in [3.05, 3.63) is 24.0 Å². The van der Waals surface area contributed by atoms with Crippen LogP contribution in [-0.2, 0) is 6.42 Å². The Balaban J connectivity index is 1.96. The second-order valence-corrected chi connectivity index (χ2v) is 3.26. The molecule has 0 unspecified atom stereocenters. The second kappa shape index (κ2) is 5.87. The Kier molecular flexibility index (Phi) is 4.58. The summed E-state index contributed by atoms with van der Waals surface area (Å²) in [5.74, 6) is 0. The quantitative estimate of drug-likeness (QED) is 0.621. The van der Waals surface area contributed by atoms with Gasteiger partial charge in [-0.15, -0.1) is 0 Å². The molecule has 1 N–H and O–H groups in total. The smallest absolute Gasteiger partial charge is 0.0227 e. The Morgan fingerprint density at radius 2 is 2.08 bits per heavy atom. The number of aryl methyl sites for hydroxylation is 1. The van der Waals surface area contributed by atoms with Crippen molar-refractivity contribution in [3.8, 4) is 0 Å². The molecule has 1 radical (unpaired) electrons. The molecule has 0 atom stereocenters. The van der Waals surface area contributed by atoms with Gasteiger partial charge in [0.05, 0.1) is 0 Å². The monoisotopic (exact) mass is 164 g/mol. The normalized spacial score (nSPS) is 10.4. The maximum absolute atomic E-state index is 3.17. The average Bonchev–Trinajstić information content (AvgIpc) is 2.57. The van der Waals surface area contributed by atoms with E-state index in [1.165, 1.54) is 37.8 Å². The van der Waals surface area contributed by atoms with E-state index in [1.54, 1.807) is 0 Å². The van der Waals surface area contributed by atoms with Crippen LogP contribution in [-0.4, -0.2) is 4.98 Å². The van der Waals surface area contributed by atoms with Crippen molar-refractivity contribution in [2.24, 2.45) is 0 Å². The minimum absolute atomic E-state index is 1.16. The summed E-state index contributed by atoms with van der Waals surface area (Å²) in [6, 6.07) is 5.12. The van der Waals surface area contributed by atoms with E-state index in [0.29, 0.717) is 0 Å². The van der Waals surface area contributed by atoms with Crippen LogP contribution in [0.5, 0.6) is 0 Å². The summed E-state index contributed by atoms with van der Waals surface area (Å²) in [6.07, 6.45) is 9.87. The van der Waals surface area contributed by atoms with Crippen LogP contribution < -0.4 is 0 Å². The average molecular weight is 164 g/mol. The number of H-pyrrole nitrogens is 1. The largest absolute Gasteiger partial charge is 0.364 e. The van der Waals surface area contributed by atoms with Crippen LogP contribution in [0.3, 0.4) is 0 Å². The van der Waals surface area contributed by atoms with Crippen molar-refractivity contribution in [2.45, 2.75) is 45.4 Å². The Morgan fingerprint density at radius 3 is 2.75 bits per heavy atom. The molecule has 0 spiro atoms. The van der Waals surface area contributed by atoms with Gasteiger partial charge in [0.1, 0.15) is 0 Å². The molecule has 1 heteroatoms. The molecule has 0 aliphatic carbocycles. The molecule has 0 saturated heterocycles. The minimum Gasteiger partial charge on any atom is -0.364 e. The summed E-state index contributed by atoms with van der Waals surface area (Å²) < 4.78 is 0. The number of unbranched alkanes of at least 4 members (excludes halogenated alkanes) is 4. The van der Waals surface area contributed by atoms with E-state index >= 15 is 0 Å². The van der Waals surface area contributed by atoms with Crippen molar-refractivity contribution in [1.82, 2.24) is 4.98 Å². The molecule has 0 aliphatic rings. The molecular formula is C11H18N. The third-order valence-corrected chi connectivity index (χ3v) is 2.13. The Bertz CT molecular complexity index is 177. The summed E-state index contributed by atoms with van der Waals surface area (Å²) in [5.41, 5.74) is 1.26. The molecule has 1 rings (SSSR count). The van der Waals surface area contributed by atoms with Crippen LogP contribution in [0.4, 0.5) is 0 Å². The lowest BCUT2D eigenvalue weighted by Crippen LogP contribution is -1.85. The third-order valence-electron chi connectivity index (χ3n) is 2.13. The highest BCUT2D eigenvalue weighted by molar-refractivity contribution is 5.00. The van der Waals surface area contributed by atoms with Gasteiger partial charge in [-0.1, -0.05) is 32.6 Å². The molecule has 0 aromatic carbocycles. The Hall–Kier alpha value is -0.720. The molecule has 0 fully saturated rings. The van der Waals surface area contributed by atoms with E-state index in [4.69, 9.17) is 0 Å². The molecule has 1 aromatic heterocycles. The van der Waals surface area contributed by atoms with Gasteiger partial charge in [0.15, 0.2) is 0 Å². The van der Waals surface area contributed by atoms with Crippen LogP contribution in [0.25, 0.3) is 0 Å². The molecule has 0 amide bonds. The van der Waals surface area contributed by atoms with Gasteiger partial charge in [-0.3, -0.25) is 0 Å². The molecule has 0 bridgehead atoms. The molecular weight excluding hydrogens is 146 g/mol. The number of aromatic nitrogens is 1. The highest BCUT2D eigenvalue weighted by atomic mass is 14.7. The first kappa shape index (κ1) is 9.37. The number of hydrogen-bond donors (Lipinski definition) is 1. The molecule has 1 heterocycles. The third kappa shape index (κ3) is 3.61. The highest BCUT2D eigenvalue weighted by Gasteiger charge is 1.92. The van der Waals surface area contributed by atoms with Crippen molar-refractivity contribution in [2.75, 3.05) is 0 Å². The standard InChI is InChI=1S/C11H18N/c1-2-3-4-5-6-8-11-9-7-10-12-11/h7,10,12H,2-6,8H2,1H3. The topological polar surface area (TPSA) is 15.8 Å². The first-order valence-corrected chi connectivity index (χ1v) is 4.97. The highest BCUT2D eigenvalue weighted by Crippen LogP contribution is 2.06. The van der Waals surface area contributed by atoms with Gasteiger partial charge in [-0.25, -0.2) is 0 Å². The maximum atomic E-state index is 3.17. The molecule has 1 nitrogen and oxygen atoms in total. The summed E-state index contributed by atoms with van der Waals surface area (Å²) in [6.45, 7) is 2.25.